The van der Waals surface area contributed by atoms with Gasteiger partial charge in [-0.1, -0.05) is 11.6 Å². The predicted octanol–water partition coefficient (Wildman–Crippen LogP) is 6.99. The number of ether oxygens (including phenoxy) is 1. The van der Waals surface area contributed by atoms with Crippen molar-refractivity contribution in [2.24, 2.45) is 0 Å². The monoisotopic (exact) mass is 632 g/mol. The molecule has 1 fully saturated rings. The van der Waals surface area contributed by atoms with Gasteiger partial charge in [0.25, 0.3) is 0 Å². The van der Waals surface area contributed by atoms with Crippen LogP contribution in [0.2, 0.25) is 5.02 Å². The highest BCUT2D eigenvalue weighted by atomic mass is 35.5. The lowest BCUT2D eigenvalue weighted by Gasteiger charge is -2.45. The minimum absolute atomic E-state index is 0.105. The molecular weight excluding hydrogens is 604 g/mol. The molecule has 1 aromatic carbocycles. The highest BCUT2D eigenvalue weighted by Crippen LogP contribution is 2.48. The standard InChI is InChI=1S/C27H29ClF4N4O3S2/c1-13-8-34(9-14(2)36(13)25(38)39-26(3,4)5)23-17-7-18(27(30,31)32)20(28)22-21(17)35(24(37)33-23)10-15(11-41-22)19-6-16(29)12-40-19/h6-7,12-15H,8-11H2,1-5H3/t13-,14+,15-/m0/s1. The number of thiophene rings is 1. The van der Waals surface area contributed by atoms with Crippen molar-refractivity contribution in [2.75, 3.05) is 23.7 Å². The van der Waals surface area contributed by atoms with Gasteiger partial charge in [0, 0.05) is 46.9 Å². The molecule has 0 spiro atoms. The van der Waals surface area contributed by atoms with E-state index in [1.165, 1.54) is 27.4 Å². The molecule has 0 radical (unpaired) electrons. The van der Waals surface area contributed by atoms with Crippen molar-refractivity contribution < 1.29 is 27.1 Å². The molecule has 41 heavy (non-hydrogen) atoms. The van der Waals surface area contributed by atoms with Gasteiger partial charge in [-0.25, -0.2) is 14.0 Å². The second-order valence-corrected chi connectivity index (χ2v) is 13.8. The smallest absolute Gasteiger partial charge is 0.417 e. The van der Waals surface area contributed by atoms with Crippen LogP contribution in [0.4, 0.5) is 28.2 Å². The van der Waals surface area contributed by atoms with Crippen LogP contribution in [0.25, 0.3) is 10.9 Å². The summed E-state index contributed by atoms with van der Waals surface area (Å²) in [7, 11) is 0. The van der Waals surface area contributed by atoms with Crippen LogP contribution < -0.4 is 10.6 Å². The lowest BCUT2D eigenvalue weighted by molar-refractivity contribution is -0.137. The Labute approximate surface area is 247 Å². The first-order chi connectivity index (χ1) is 19.0. The van der Waals surface area contributed by atoms with Crippen LogP contribution in [0.15, 0.2) is 27.2 Å². The van der Waals surface area contributed by atoms with Crippen molar-refractivity contribution in [2.45, 2.75) is 75.8 Å². The Kier molecular flexibility index (Phi) is 7.78. The summed E-state index contributed by atoms with van der Waals surface area (Å²) in [6, 6.07) is 1.57. The SMILES string of the molecule is C[C@@H]1CN(c2nc(=O)n3c4c(c(Cl)c(C(F)(F)F)cc24)SC[C@@H](c2cc(F)cs2)C3)C[C@H](C)N1C(=O)OC(C)(C)C. The first kappa shape index (κ1) is 30.0. The molecule has 0 unspecified atom stereocenters. The number of rotatable bonds is 2. The zero-order valence-corrected chi connectivity index (χ0v) is 25.4. The second-order valence-electron chi connectivity index (χ2n) is 11.5. The Hall–Kier alpha value is -2.51. The third kappa shape index (κ3) is 5.77. The molecule has 0 N–H and O–H groups in total. The molecule has 4 heterocycles. The number of piperazine rings is 1. The zero-order chi connectivity index (χ0) is 30.0. The van der Waals surface area contributed by atoms with Crippen LogP contribution in [0.3, 0.4) is 0 Å². The zero-order valence-electron chi connectivity index (χ0n) is 23.0. The summed E-state index contributed by atoms with van der Waals surface area (Å²) < 4.78 is 63.4. The summed E-state index contributed by atoms with van der Waals surface area (Å²) in [6.45, 7) is 9.50. The molecule has 2 aliphatic rings. The summed E-state index contributed by atoms with van der Waals surface area (Å²) in [6.07, 6.45) is -5.24. The lowest BCUT2D eigenvalue weighted by atomic mass is 10.1. The third-order valence-corrected chi connectivity index (χ3v) is 9.91. The number of thioether (sulfide) groups is 1. The van der Waals surface area contributed by atoms with Crippen molar-refractivity contribution in [3.05, 3.63) is 49.3 Å². The molecule has 2 aliphatic heterocycles. The number of halogens is 5. The molecular formula is C27H29ClF4N4O3S2. The van der Waals surface area contributed by atoms with Crippen LogP contribution in [0.1, 0.15) is 51.0 Å². The number of hydrogen-bond acceptors (Lipinski definition) is 7. The minimum atomic E-state index is -4.75. The summed E-state index contributed by atoms with van der Waals surface area (Å²) in [5.41, 5.74) is -2.08. The van der Waals surface area contributed by atoms with Crippen LogP contribution in [-0.2, 0) is 17.5 Å². The lowest BCUT2D eigenvalue weighted by Crippen LogP contribution is -2.59. The van der Waals surface area contributed by atoms with Crippen molar-refractivity contribution >= 4 is 57.5 Å². The number of benzene rings is 1. The van der Waals surface area contributed by atoms with Gasteiger partial charge in [-0.05, 0) is 46.8 Å². The maximum atomic E-state index is 14.2. The van der Waals surface area contributed by atoms with E-state index in [1.54, 1.807) is 30.6 Å². The van der Waals surface area contributed by atoms with E-state index in [-0.39, 0.29) is 59.3 Å². The molecule has 0 bridgehead atoms. The predicted molar refractivity (Wildman–Crippen MR) is 153 cm³/mol. The van der Waals surface area contributed by atoms with E-state index in [4.69, 9.17) is 16.3 Å². The quantitative estimate of drug-likeness (QED) is 0.284. The van der Waals surface area contributed by atoms with Gasteiger partial charge in [0.15, 0.2) is 0 Å². The molecule has 3 atom stereocenters. The second kappa shape index (κ2) is 10.6. The highest BCUT2D eigenvalue weighted by Gasteiger charge is 2.40. The molecule has 0 saturated carbocycles. The van der Waals surface area contributed by atoms with E-state index < -0.39 is 40.0 Å². The van der Waals surface area contributed by atoms with E-state index in [0.29, 0.717) is 10.6 Å². The van der Waals surface area contributed by atoms with Gasteiger partial charge in [-0.3, -0.25) is 9.47 Å². The van der Waals surface area contributed by atoms with Crippen LogP contribution in [0, 0.1) is 5.82 Å². The van der Waals surface area contributed by atoms with Gasteiger partial charge in [0.05, 0.1) is 33.1 Å². The maximum absolute atomic E-state index is 14.2. The van der Waals surface area contributed by atoms with Crippen molar-refractivity contribution in [1.82, 2.24) is 14.5 Å². The largest absolute Gasteiger partial charge is 0.444 e. The minimum Gasteiger partial charge on any atom is -0.444 e. The maximum Gasteiger partial charge on any atom is 0.417 e. The number of anilines is 1. The van der Waals surface area contributed by atoms with Crippen LogP contribution in [0.5, 0.6) is 0 Å². The Balaban J connectivity index is 1.63. The molecule has 1 amide bonds. The summed E-state index contributed by atoms with van der Waals surface area (Å²) >= 11 is 8.70. The summed E-state index contributed by atoms with van der Waals surface area (Å²) in [4.78, 5) is 34.9. The number of hydrogen-bond donors (Lipinski definition) is 0. The molecule has 7 nitrogen and oxygen atoms in total. The van der Waals surface area contributed by atoms with E-state index in [2.05, 4.69) is 4.98 Å². The molecule has 1 saturated heterocycles. The number of amides is 1. The first-order valence-corrected chi connectivity index (χ1v) is 15.3. The number of carbonyl (C=O) groups is 1. The fraction of sp³-hybridized carbons (Fsp3) is 0.519. The van der Waals surface area contributed by atoms with E-state index in [0.717, 1.165) is 17.8 Å². The molecule has 5 rings (SSSR count). The summed E-state index contributed by atoms with van der Waals surface area (Å²) in [5.74, 6) is -0.338. The average Bonchev–Trinajstić information content (AvgIpc) is 3.15. The summed E-state index contributed by atoms with van der Waals surface area (Å²) in [5, 5.41) is 1.02. The fourth-order valence-corrected chi connectivity index (χ4v) is 8.07. The normalized spacial score (nSPS) is 21.8. The molecule has 3 aromatic rings. The van der Waals surface area contributed by atoms with Gasteiger partial charge in [0.1, 0.15) is 17.2 Å². The van der Waals surface area contributed by atoms with E-state index in [1.807, 2.05) is 13.8 Å². The third-order valence-electron chi connectivity index (χ3n) is 7.09. The number of aromatic nitrogens is 2. The van der Waals surface area contributed by atoms with Crippen LogP contribution >= 0.6 is 34.7 Å². The molecule has 2 aromatic heterocycles. The Morgan fingerprint density at radius 2 is 1.78 bits per heavy atom. The molecule has 222 valence electrons. The Morgan fingerprint density at radius 3 is 2.34 bits per heavy atom. The molecule has 14 heteroatoms. The number of carbonyl (C=O) groups excluding carboxylic acids is 1. The van der Waals surface area contributed by atoms with Crippen molar-refractivity contribution in [3.63, 3.8) is 0 Å². The molecule has 0 aliphatic carbocycles. The van der Waals surface area contributed by atoms with Gasteiger partial charge >= 0.3 is 18.0 Å². The number of nitrogens with zero attached hydrogens (tertiary/aromatic N) is 4. The van der Waals surface area contributed by atoms with Gasteiger partial charge in [-0.15, -0.1) is 23.1 Å². The fourth-order valence-electron chi connectivity index (χ4n) is 5.46. The topological polar surface area (TPSA) is 67.7 Å². The highest BCUT2D eigenvalue weighted by molar-refractivity contribution is 7.99. The van der Waals surface area contributed by atoms with Gasteiger partial charge in [0.2, 0.25) is 0 Å². The van der Waals surface area contributed by atoms with Crippen LogP contribution in [-0.4, -0.2) is 57.1 Å². The van der Waals surface area contributed by atoms with E-state index in [9.17, 15) is 27.2 Å². The van der Waals surface area contributed by atoms with Crippen molar-refractivity contribution in [3.8, 4) is 0 Å². The Morgan fingerprint density at radius 1 is 1.12 bits per heavy atom. The van der Waals surface area contributed by atoms with Gasteiger partial charge < -0.3 is 9.64 Å². The first-order valence-electron chi connectivity index (χ1n) is 13.0. The van der Waals surface area contributed by atoms with Gasteiger partial charge in [-0.2, -0.15) is 18.2 Å². The average molecular weight is 633 g/mol. The Bertz CT molecular complexity index is 1560. The van der Waals surface area contributed by atoms with E-state index >= 15 is 0 Å². The van der Waals surface area contributed by atoms with Crippen molar-refractivity contribution in [1.29, 1.82) is 0 Å². The number of alkyl halides is 3.